The molecule has 0 amide bonds. The summed E-state index contributed by atoms with van der Waals surface area (Å²) in [7, 11) is 1.80. The molecule has 2 aromatic rings. The zero-order valence-corrected chi connectivity index (χ0v) is 12.6. The monoisotopic (exact) mass is 312 g/mol. The van der Waals surface area contributed by atoms with Crippen LogP contribution in [0.15, 0.2) is 29.4 Å². The maximum Gasteiger partial charge on any atom is 0.191 e. The van der Waals surface area contributed by atoms with Crippen LogP contribution in [-0.2, 0) is 6.54 Å². The maximum atomic E-state index is 13.1. The first-order valence-electron chi connectivity index (χ1n) is 5.91. The van der Waals surface area contributed by atoms with E-state index >= 15 is 0 Å². The summed E-state index contributed by atoms with van der Waals surface area (Å²) in [5.41, 5.74) is 0.881. The molecule has 0 aliphatic heterocycles. The molecule has 0 atom stereocenters. The number of benzene rings is 1. The van der Waals surface area contributed by atoms with Crippen molar-refractivity contribution < 1.29 is 4.39 Å². The predicted octanol–water partition coefficient (Wildman–Crippen LogP) is 3.64. The van der Waals surface area contributed by atoms with Gasteiger partial charge in [0.15, 0.2) is 5.16 Å². The summed E-state index contributed by atoms with van der Waals surface area (Å²) in [6.45, 7) is 0.508. The van der Waals surface area contributed by atoms with Crippen molar-refractivity contribution in [3.05, 3.63) is 40.7 Å². The molecule has 0 saturated carbocycles. The number of nitrogens with one attached hydrogen (secondary N) is 2. The van der Waals surface area contributed by atoms with Gasteiger partial charge in [0.05, 0.1) is 5.02 Å². The first-order chi connectivity index (χ1) is 9.62. The molecule has 0 saturated heterocycles. The highest BCUT2D eigenvalue weighted by Crippen LogP contribution is 2.19. The molecule has 2 rings (SSSR count). The fraction of sp³-hybridized carbons (Fsp3) is 0.231. The molecule has 0 fully saturated rings. The van der Waals surface area contributed by atoms with Gasteiger partial charge in [-0.3, -0.25) is 0 Å². The molecular formula is C13H14ClFN4S. The number of rotatable bonds is 5. The molecule has 2 N–H and O–H groups in total. The topological polar surface area (TPSA) is 49.8 Å². The second kappa shape index (κ2) is 6.76. The minimum atomic E-state index is -0.417. The Morgan fingerprint density at radius 1 is 1.25 bits per heavy atom. The maximum absolute atomic E-state index is 13.1. The minimum Gasteiger partial charge on any atom is -0.373 e. The van der Waals surface area contributed by atoms with Gasteiger partial charge in [-0.1, -0.05) is 29.4 Å². The first-order valence-corrected chi connectivity index (χ1v) is 7.51. The summed E-state index contributed by atoms with van der Waals surface area (Å²) in [5, 5.41) is 6.95. The molecule has 0 radical (unpaired) electrons. The number of anilines is 2. The number of thioether (sulfide) groups is 1. The van der Waals surface area contributed by atoms with Gasteiger partial charge in [-0.25, -0.2) is 14.4 Å². The van der Waals surface area contributed by atoms with E-state index in [-0.39, 0.29) is 5.02 Å². The average molecular weight is 313 g/mol. The van der Waals surface area contributed by atoms with Gasteiger partial charge in [-0.05, 0) is 24.0 Å². The van der Waals surface area contributed by atoms with Gasteiger partial charge >= 0.3 is 0 Å². The normalized spacial score (nSPS) is 10.4. The molecule has 0 aliphatic rings. The van der Waals surface area contributed by atoms with Crippen molar-refractivity contribution in [1.82, 2.24) is 9.97 Å². The fourth-order valence-corrected chi connectivity index (χ4v) is 2.16. The van der Waals surface area contributed by atoms with Crippen LogP contribution in [0.25, 0.3) is 0 Å². The Labute approximate surface area is 126 Å². The summed E-state index contributed by atoms with van der Waals surface area (Å²) in [6.07, 6.45) is 1.91. The van der Waals surface area contributed by atoms with Crippen molar-refractivity contribution in [1.29, 1.82) is 0 Å². The van der Waals surface area contributed by atoms with E-state index in [1.165, 1.54) is 17.8 Å². The number of hydrogen-bond acceptors (Lipinski definition) is 5. The average Bonchev–Trinajstić information content (AvgIpc) is 2.48. The van der Waals surface area contributed by atoms with E-state index < -0.39 is 5.82 Å². The molecule has 1 heterocycles. The molecule has 0 spiro atoms. The highest BCUT2D eigenvalue weighted by Gasteiger charge is 2.04. The van der Waals surface area contributed by atoms with Gasteiger partial charge in [0, 0.05) is 19.7 Å². The van der Waals surface area contributed by atoms with Crippen molar-refractivity contribution in [2.24, 2.45) is 0 Å². The zero-order chi connectivity index (χ0) is 14.5. The third-order valence-corrected chi connectivity index (χ3v) is 3.44. The van der Waals surface area contributed by atoms with Crippen molar-refractivity contribution in [2.75, 3.05) is 23.9 Å². The smallest absolute Gasteiger partial charge is 0.191 e. The van der Waals surface area contributed by atoms with Gasteiger partial charge in [0.2, 0.25) is 0 Å². The molecule has 0 aliphatic carbocycles. The third kappa shape index (κ3) is 3.74. The van der Waals surface area contributed by atoms with Gasteiger partial charge in [0.25, 0.3) is 0 Å². The quantitative estimate of drug-likeness (QED) is 0.652. The molecule has 0 bridgehead atoms. The van der Waals surface area contributed by atoms with Crippen LogP contribution in [0.2, 0.25) is 5.02 Å². The number of nitrogens with zero attached hydrogens (tertiary/aromatic N) is 2. The summed E-state index contributed by atoms with van der Waals surface area (Å²) in [6, 6.07) is 6.44. The minimum absolute atomic E-state index is 0.118. The van der Waals surface area contributed by atoms with Gasteiger partial charge in [-0.2, -0.15) is 0 Å². The summed E-state index contributed by atoms with van der Waals surface area (Å²) in [4.78, 5) is 8.63. The highest BCUT2D eigenvalue weighted by atomic mass is 35.5. The molecular weight excluding hydrogens is 299 g/mol. The Hall–Kier alpha value is -1.53. The van der Waals surface area contributed by atoms with E-state index in [0.717, 1.165) is 11.4 Å². The lowest BCUT2D eigenvalue weighted by Gasteiger charge is -2.09. The van der Waals surface area contributed by atoms with Crippen LogP contribution in [0.5, 0.6) is 0 Å². The van der Waals surface area contributed by atoms with Crippen LogP contribution in [0.3, 0.4) is 0 Å². The van der Waals surface area contributed by atoms with E-state index in [1.807, 2.05) is 12.3 Å². The third-order valence-electron chi connectivity index (χ3n) is 2.60. The van der Waals surface area contributed by atoms with Crippen LogP contribution < -0.4 is 10.6 Å². The number of aromatic nitrogens is 2. The van der Waals surface area contributed by atoms with Crippen molar-refractivity contribution >= 4 is 35.0 Å². The Balaban J connectivity index is 2.11. The van der Waals surface area contributed by atoms with Gasteiger partial charge in [0.1, 0.15) is 17.5 Å². The standard InChI is InChI=1S/C13H14ClFN4S/c1-16-11-6-12(19-13(18-11)20-2)17-7-8-3-4-10(15)9(14)5-8/h3-6H,7H2,1-2H3,(H2,16,17,18,19). The van der Waals surface area contributed by atoms with Crippen LogP contribution in [0.1, 0.15) is 5.56 Å². The van der Waals surface area contributed by atoms with E-state index in [1.54, 1.807) is 19.2 Å². The zero-order valence-electron chi connectivity index (χ0n) is 11.1. The fourth-order valence-electron chi connectivity index (χ4n) is 1.58. The highest BCUT2D eigenvalue weighted by molar-refractivity contribution is 7.98. The number of hydrogen-bond donors (Lipinski definition) is 2. The molecule has 106 valence electrons. The van der Waals surface area contributed by atoms with E-state index in [9.17, 15) is 4.39 Å². The summed E-state index contributed by atoms with van der Waals surface area (Å²) < 4.78 is 13.1. The van der Waals surface area contributed by atoms with Crippen molar-refractivity contribution in [2.45, 2.75) is 11.7 Å². The van der Waals surface area contributed by atoms with Crippen LogP contribution in [0.4, 0.5) is 16.0 Å². The molecule has 0 unspecified atom stereocenters. The Morgan fingerprint density at radius 3 is 2.65 bits per heavy atom. The van der Waals surface area contributed by atoms with Crippen molar-refractivity contribution in [3.8, 4) is 0 Å². The van der Waals surface area contributed by atoms with Crippen LogP contribution in [-0.4, -0.2) is 23.3 Å². The Morgan fingerprint density at radius 2 is 2.00 bits per heavy atom. The molecule has 4 nitrogen and oxygen atoms in total. The first kappa shape index (κ1) is 14.9. The largest absolute Gasteiger partial charge is 0.373 e. The van der Waals surface area contributed by atoms with Crippen molar-refractivity contribution in [3.63, 3.8) is 0 Å². The van der Waals surface area contributed by atoms with E-state index in [4.69, 9.17) is 11.6 Å². The SMILES string of the molecule is CNc1cc(NCc2ccc(F)c(Cl)c2)nc(SC)n1. The lowest BCUT2D eigenvalue weighted by atomic mass is 10.2. The van der Waals surface area contributed by atoms with Gasteiger partial charge in [-0.15, -0.1) is 0 Å². The van der Waals surface area contributed by atoms with Crippen LogP contribution >= 0.6 is 23.4 Å². The van der Waals surface area contributed by atoms with E-state index in [2.05, 4.69) is 20.6 Å². The summed E-state index contributed by atoms with van der Waals surface area (Å²) in [5.74, 6) is 1.03. The Bertz CT molecular complexity index is 587. The molecule has 20 heavy (non-hydrogen) atoms. The molecule has 7 heteroatoms. The second-order valence-electron chi connectivity index (χ2n) is 3.98. The Kier molecular flexibility index (Phi) is 5.03. The lowest BCUT2D eigenvalue weighted by Crippen LogP contribution is -2.04. The number of halogens is 2. The predicted molar refractivity (Wildman–Crippen MR) is 82.1 cm³/mol. The second-order valence-corrected chi connectivity index (χ2v) is 5.16. The molecule has 1 aromatic carbocycles. The lowest BCUT2D eigenvalue weighted by molar-refractivity contribution is 0.627. The van der Waals surface area contributed by atoms with Crippen LogP contribution in [0, 0.1) is 5.82 Å². The summed E-state index contributed by atoms with van der Waals surface area (Å²) >= 11 is 7.21. The van der Waals surface area contributed by atoms with Gasteiger partial charge < -0.3 is 10.6 Å². The van der Waals surface area contributed by atoms with E-state index in [0.29, 0.717) is 17.5 Å². The molecule has 1 aromatic heterocycles.